The van der Waals surface area contributed by atoms with Gasteiger partial charge < -0.3 is 24.9 Å². The van der Waals surface area contributed by atoms with Gasteiger partial charge in [0, 0.05) is 17.5 Å². The van der Waals surface area contributed by atoms with Gasteiger partial charge in [-0.2, -0.15) is 0 Å². The summed E-state index contributed by atoms with van der Waals surface area (Å²) in [7, 11) is 0. The smallest absolute Gasteiger partial charge is 0.336 e. The predicted octanol–water partition coefficient (Wildman–Crippen LogP) is 0.440. The van der Waals surface area contributed by atoms with E-state index >= 15 is 0 Å². The number of fused-ring (bicyclic) bond motifs is 1. The number of nitrogens with one attached hydrogen (secondary N) is 2. The second-order valence-electron chi connectivity index (χ2n) is 5.75. The van der Waals surface area contributed by atoms with Crippen molar-refractivity contribution in [3.63, 3.8) is 0 Å². The minimum absolute atomic E-state index is 0.330. The van der Waals surface area contributed by atoms with Crippen molar-refractivity contribution in [2.45, 2.75) is 26.4 Å². The summed E-state index contributed by atoms with van der Waals surface area (Å²) in [5.74, 6) is -2.03. The zero-order valence-corrected chi connectivity index (χ0v) is 14.9. The number of hydrogen-bond donors (Lipinski definition) is 3. The molecule has 0 radical (unpaired) electrons. The third-order valence-corrected chi connectivity index (χ3v) is 3.72. The molecule has 0 bridgehead atoms. The summed E-state index contributed by atoms with van der Waals surface area (Å²) in [5, 5.41) is 13.7. The van der Waals surface area contributed by atoms with Crippen molar-refractivity contribution in [3.8, 4) is 5.75 Å². The van der Waals surface area contributed by atoms with Crippen LogP contribution in [0, 0.1) is 0 Å². The van der Waals surface area contributed by atoms with Crippen molar-refractivity contribution in [1.82, 2.24) is 10.6 Å². The molecule has 1 atom stereocenters. The van der Waals surface area contributed by atoms with Crippen molar-refractivity contribution in [3.05, 3.63) is 40.2 Å². The van der Waals surface area contributed by atoms with Crippen LogP contribution in [0.25, 0.3) is 11.0 Å². The third-order valence-electron chi connectivity index (χ3n) is 3.72. The third kappa shape index (κ3) is 5.56. The fourth-order valence-corrected chi connectivity index (χ4v) is 2.38. The molecule has 1 aromatic carbocycles. The van der Waals surface area contributed by atoms with Gasteiger partial charge >= 0.3 is 11.6 Å². The lowest BCUT2D eigenvalue weighted by molar-refractivity contribution is -0.137. The van der Waals surface area contributed by atoms with Gasteiger partial charge in [-0.1, -0.05) is 6.92 Å². The number of carbonyl (C=O) groups is 3. The number of carboxylic acids is 1. The zero-order valence-electron chi connectivity index (χ0n) is 14.9. The average Bonchev–Trinajstić information content (AvgIpc) is 2.63. The van der Waals surface area contributed by atoms with Crippen molar-refractivity contribution in [1.29, 1.82) is 0 Å². The molecule has 1 aromatic heterocycles. The fraction of sp³-hybridized carbons (Fsp3) is 0.333. The van der Waals surface area contributed by atoms with Crippen LogP contribution in [0.5, 0.6) is 5.75 Å². The van der Waals surface area contributed by atoms with Crippen LogP contribution >= 0.6 is 0 Å². The summed E-state index contributed by atoms with van der Waals surface area (Å²) in [6.45, 7) is 2.53. The number of rotatable bonds is 8. The number of aryl methyl sites for hydroxylation is 1. The molecule has 2 amide bonds. The highest BCUT2D eigenvalue weighted by Crippen LogP contribution is 2.23. The van der Waals surface area contributed by atoms with Crippen LogP contribution in [-0.2, 0) is 20.8 Å². The molecule has 0 saturated heterocycles. The number of amides is 2. The van der Waals surface area contributed by atoms with E-state index in [0.717, 1.165) is 10.9 Å². The van der Waals surface area contributed by atoms with Crippen molar-refractivity contribution >= 4 is 28.8 Å². The lowest BCUT2D eigenvalue weighted by Gasteiger charge is -2.15. The van der Waals surface area contributed by atoms with E-state index in [0.29, 0.717) is 17.8 Å². The van der Waals surface area contributed by atoms with E-state index < -0.39 is 36.1 Å². The topological polar surface area (TPSA) is 135 Å². The second-order valence-corrected chi connectivity index (χ2v) is 5.75. The molecule has 2 rings (SSSR count). The number of carbonyl (C=O) groups excluding carboxylic acids is 2. The molecular formula is C18H20N2O7. The molecule has 0 aliphatic carbocycles. The van der Waals surface area contributed by atoms with Crippen LogP contribution in [0.2, 0.25) is 0 Å². The normalized spacial score (nSPS) is 11.6. The Kier molecular flexibility index (Phi) is 6.53. The molecule has 9 heteroatoms. The minimum Gasteiger partial charge on any atom is -0.481 e. The van der Waals surface area contributed by atoms with Crippen molar-refractivity contribution in [2.75, 3.05) is 13.1 Å². The van der Waals surface area contributed by atoms with Gasteiger partial charge in [-0.3, -0.25) is 14.4 Å². The quantitative estimate of drug-likeness (QED) is 0.569. The van der Waals surface area contributed by atoms with E-state index in [2.05, 4.69) is 10.6 Å². The lowest BCUT2D eigenvalue weighted by Crippen LogP contribution is -2.43. The van der Waals surface area contributed by atoms with Crippen LogP contribution < -0.4 is 21.0 Å². The van der Waals surface area contributed by atoms with Gasteiger partial charge in [0.2, 0.25) is 5.91 Å². The first-order valence-electron chi connectivity index (χ1n) is 8.29. The van der Waals surface area contributed by atoms with Crippen LogP contribution in [0.15, 0.2) is 33.5 Å². The minimum atomic E-state index is -1.18. The maximum Gasteiger partial charge on any atom is 0.336 e. The molecule has 2 aromatic rings. The number of aliphatic carboxylic acids is 1. The van der Waals surface area contributed by atoms with Crippen LogP contribution in [-0.4, -0.2) is 42.1 Å². The van der Waals surface area contributed by atoms with Crippen LogP contribution in [0.4, 0.5) is 0 Å². The SMILES string of the molecule is CCc1cc(=O)oc2cc(O[C@@H](C)C(=O)NCC(=O)NCC(=O)O)ccc12. The molecule has 0 spiro atoms. The van der Waals surface area contributed by atoms with E-state index in [1.807, 2.05) is 6.92 Å². The molecule has 9 nitrogen and oxygen atoms in total. The Bertz CT molecular complexity index is 920. The van der Waals surface area contributed by atoms with Gasteiger partial charge in [0.1, 0.15) is 17.9 Å². The molecule has 3 N–H and O–H groups in total. The maximum absolute atomic E-state index is 12.0. The first-order chi connectivity index (χ1) is 12.8. The van der Waals surface area contributed by atoms with Gasteiger partial charge in [0.05, 0.1) is 6.54 Å². The van der Waals surface area contributed by atoms with E-state index in [-0.39, 0.29) is 6.54 Å². The molecule has 0 aliphatic heterocycles. The first kappa shape index (κ1) is 20.0. The van der Waals surface area contributed by atoms with Gasteiger partial charge in [-0.15, -0.1) is 0 Å². The summed E-state index contributed by atoms with van der Waals surface area (Å²) in [4.78, 5) is 45.4. The maximum atomic E-state index is 12.0. The van der Waals surface area contributed by atoms with Crippen molar-refractivity contribution in [2.24, 2.45) is 0 Å². The summed E-state index contributed by atoms with van der Waals surface area (Å²) < 4.78 is 10.7. The number of ether oxygens (including phenoxy) is 1. The zero-order chi connectivity index (χ0) is 20.0. The van der Waals surface area contributed by atoms with Gasteiger partial charge in [0.25, 0.3) is 5.91 Å². The molecule has 0 fully saturated rings. The van der Waals surface area contributed by atoms with E-state index in [1.165, 1.54) is 19.1 Å². The first-order valence-corrected chi connectivity index (χ1v) is 8.29. The number of hydrogen-bond acceptors (Lipinski definition) is 6. The van der Waals surface area contributed by atoms with Gasteiger partial charge in [-0.25, -0.2) is 4.79 Å². The predicted molar refractivity (Wildman–Crippen MR) is 95.6 cm³/mol. The largest absolute Gasteiger partial charge is 0.481 e. The highest BCUT2D eigenvalue weighted by Gasteiger charge is 2.16. The molecule has 0 aliphatic rings. The molecule has 144 valence electrons. The molecule has 0 saturated carbocycles. The van der Waals surface area contributed by atoms with Crippen LogP contribution in [0.1, 0.15) is 19.4 Å². The van der Waals surface area contributed by atoms with Crippen LogP contribution in [0.3, 0.4) is 0 Å². The summed E-state index contributed by atoms with van der Waals surface area (Å²) in [6, 6.07) is 6.37. The number of benzene rings is 1. The Morgan fingerprint density at radius 2 is 1.93 bits per heavy atom. The van der Waals surface area contributed by atoms with E-state index in [4.69, 9.17) is 14.3 Å². The highest BCUT2D eigenvalue weighted by molar-refractivity contribution is 5.88. The van der Waals surface area contributed by atoms with Gasteiger partial charge in [0.15, 0.2) is 6.10 Å². The summed E-state index contributed by atoms with van der Waals surface area (Å²) in [5.41, 5.74) is 0.748. The van der Waals surface area contributed by atoms with E-state index in [1.54, 1.807) is 12.1 Å². The fourth-order valence-electron chi connectivity index (χ4n) is 2.38. The Labute approximate surface area is 154 Å². The average molecular weight is 376 g/mol. The Balaban J connectivity index is 1.99. The standard InChI is InChI=1S/C18H20N2O7/c1-3-11-6-17(24)27-14-7-12(4-5-13(11)14)26-10(2)18(25)20-8-15(21)19-9-16(22)23/h4-7,10H,3,8-9H2,1-2H3,(H,19,21)(H,20,25)(H,22,23)/t10-/m0/s1. The van der Waals surface area contributed by atoms with Gasteiger partial charge in [-0.05, 0) is 31.0 Å². The molecular weight excluding hydrogens is 356 g/mol. The molecule has 0 unspecified atom stereocenters. The highest BCUT2D eigenvalue weighted by atomic mass is 16.5. The monoisotopic (exact) mass is 376 g/mol. The second kappa shape index (κ2) is 8.84. The lowest BCUT2D eigenvalue weighted by atomic mass is 10.1. The summed E-state index contributed by atoms with van der Waals surface area (Å²) >= 11 is 0. The Hall–Kier alpha value is -3.36. The molecule has 27 heavy (non-hydrogen) atoms. The summed E-state index contributed by atoms with van der Waals surface area (Å²) in [6.07, 6.45) is -0.249. The number of carboxylic acid groups (broad SMARTS) is 1. The Morgan fingerprint density at radius 3 is 2.59 bits per heavy atom. The molecule has 1 heterocycles. The van der Waals surface area contributed by atoms with Crippen molar-refractivity contribution < 1.29 is 28.6 Å². The van der Waals surface area contributed by atoms with E-state index in [9.17, 15) is 19.2 Å². The Morgan fingerprint density at radius 1 is 1.19 bits per heavy atom.